The van der Waals surface area contributed by atoms with Crippen molar-refractivity contribution in [1.82, 2.24) is 9.97 Å². The molecule has 0 spiro atoms. The van der Waals surface area contributed by atoms with Crippen molar-refractivity contribution in [1.29, 1.82) is 0 Å². The van der Waals surface area contributed by atoms with Crippen LogP contribution in [0.5, 0.6) is 0 Å². The number of halogens is 3. The van der Waals surface area contributed by atoms with E-state index in [2.05, 4.69) is 20.6 Å². The van der Waals surface area contributed by atoms with Gasteiger partial charge in [0.25, 0.3) is 5.91 Å². The molecule has 150 valence electrons. The number of thiazole rings is 1. The summed E-state index contributed by atoms with van der Waals surface area (Å²) >= 11 is 1.30. The maximum Gasteiger partial charge on any atom is 0.416 e. The number of nitrogens with one attached hydrogen (secondary N) is 2. The second-order valence-corrected chi connectivity index (χ2v) is 6.90. The van der Waals surface area contributed by atoms with Crippen LogP contribution in [0.2, 0.25) is 0 Å². The lowest BCUT2D eigenvalue weighted by atomic mass is 10.1. The Bertz CT molecular complexity index is 1020. The molecular formula is C19H15F3N4O2S. The average molecular weight is 420 g/mol. The molecule has 0 saturated carbocycles. The second kappa shape index (κ2) is 8.39. The number of aryl methyl sites for hydroxylation is 1. The van der Waals surface area contributed by atoms with Gasteiger partial charge in [0.05, 0.1) is 29.4 Å². The number of carbonyl (C=O) groups is 2. The van der Waals surface area contributed by atoms with Gasteiger partial charge >= 0.3 is 6.18 Å². The Hall–Kier alpha value is -3.27. The molecule has 0 radical (unpaired) electrons. The highest BCUT2D eigenvalue weighted by molar-refractivity contribution is 7.07. The SMILES string of the molecule is Cc1cc(NC(=O)Cc2ccc(NC(=O)c3cscn3)cn2)cc(C(F)(F)F)c1. The molecule has 29 heavy (non-hydrogen) atoms. The lowest BCUT2D eigenvalue weighted by Gasteiger charge is -2.11. The van der Waals surface area contributed by atoms with Crippen molar-refractivity contribution in [3.63, 3.8) is 0 Å². The minimum atomic E-state index is -4.49. The van der Waals surface area contributed by atoms with Crippen LogP contribution in [0.3, 0.4) is 0 Å². The van der Waals surface area contributed by atoms with Crippen LogP contribution in [-0.4, -0.2) is 21.8 Å². The zero-order valence-corrected chi connectivity index (χ0v) is 15.9. The number of benzene rings is 1. The Morgan fingerprint density at radius 2 is 1.86 bits per heavy atom. The summed E-state index contributed by atoms with van der Waals surface area (Å²) in [5, 5.41) is 6.69. The average Bonchev–Trinajstić information content (AvgIpc) is 3.17. The van der Waals surface area contributed by atoms with Crippen LogP contribution in [0.4, 0.5) is 24.5 Å². The molecule has 0 aliphatic rings. The molecule has 2 aromatic heterocycles. The van der Waals surface area contributed by atoms with E-state index in [0.29, 0.717) is 16.9 Å². The summed E-state index contributed by atoms with van der Waals surface area (Å²) < 4.78 is 38.7. The molecule has 1 aromatic carbocycles. The first-order valence-electron chi connectivity index (χ1n) is 8.34. The number of carbonyl (C=O) groups excluding carboxylic acids is 2. The maximum atomic E-state index is 12.9. The smallest absolute Gasteiger partial charge is 0.326 e. The Kier molecular flexibility index (Phi) is 5.92. The number of hydrogen-bond donors (Lipinski definition) is 2. The van der Waals surface area contributed by atoms with Gasteiger partial charge in [-0.1, -0.05) is 0 Å². The number of nitrogens with zero attached hydrogens (tertiary/aromatic N) is 2. The summed E-state index contributed by atoms with van der Waals surface area (Å²) in [6.07, 6.45) is -3.23. The summed E-state index contributed by atoms with van der Waals surface area (Å²) in [7, 11) is 0. The second-order valence-electron chi connectivity index (χ2n) is 6.18. The number of aromatic nitrogens is 2. The Morgan fingerprint density at radius 3 is 2.48 bits per heavy atom. The van der Waals surface area contributed by atoms with Crippen LogP contribution in [0.25, 0.3) is 0 Å². The van der Waals surface area contributed by atoms with Crippen LogP contribution in [0.1, 0.15) is 27.3 Å². The van der Waals surface area contributed by atoms with Gasteiger partial charge in [-0.05, 0) is 42.8 Å². The van der Waals surface area contributed by atoms with Crippen molar-refractivity contribution in [2.24, 2.45) is 0 Å². The Balaban J connectivity index is 1.61. The monoisotopic (exact) mass is 420 g/mol. The fourth-order valence-electron chi connectivity index (χ4n) is 2.51. The molecule has 0 bridgehead atoms. The standard InChI is InChI=1S/C19H15F3N4O2S/c1-11-4-12(19(20,21)22)6-15(5-11)25-17(27)7-13-2-3-14(8-23-13)26-18(28)16-9-29-10-24-16/h2-6,8-10H,7H2,1H3,(H,25,27)(H,26,28). The van der Waals surface area contributed by atoms with Gasteiger partial charge in [-0.3, -0.25) is 14.6 Å². The van der Waals surface area contributed by atoms with E-state index in [9.17, 15) is 22.8 Å². The highest BCUT2D eigenvalue weighted by Crippen LogP contribution is 2.31. The van der Waals surface area contributed by atoms with Gasteiger partial charge in [-0.15, -0.1) is 11.3 Å². The Labute approximate surface area is 167 Å². The Morgan fingerprint density at radius 1 is 1.07 bits per heavy atom. The maximum absolute atomic E-state index is 12.9. The van der Waals surface area contributed by atoms with Crippen molar-refractivity contribution in [2.45, 2.75) is 19.5 Å². The highest BCUT2D eigenvalue weighted by Gasteiger charge is 2.31. The third kappa shape index (κ3) is 5.61. The molecule has 0 fully saturated rings. The number of rotatable bonds is 5. The van der Waals surface area contributed by atoms with Crippen LogP contribution >= 0.6 is 11.3 Å². The lowest BCUT2D eigenvalue weighted by molar-refractivity contribution is -0.137. The number of alkyl halides is 3. The summed E-state index contributed by atoms with van der Waals surface area (Å²) in [5.74, 6) is -0.881. The fourth-order valence-corrected chi connectivity index (χ4v) is 3.04. The van der Waals surface area contributed by atoms with E-state index in [4.69, 9.17) is 0 Å². The van der Waals surface area contributed by atoms with Gasteiger partial charge in [0.2, 0.25) is 5.91 Å². The van der Waals surface area contributed by atoms with E-state index in [0.717, 1.165) is 12.1 Å². The summed E-state index contributed by atoms with van der Waals surface area (Å²) in [5.41, 5.74) is 2.28. The van der Waals surface area contributed by atoms with Gasteiger partial charge in [-0.2, -0.15) is 13.2 Å². The molecule has 0 aliphatic carbocycles. The molecule has 3 rings (SSSR count). The number of anilines is 2. The van der Waals surface area contributed by atoms with E-state index < -0.39 is 17.6 Å². The molecule has 0 aliphatic heterocycles. The molecule has 6 nitrogen and oxygen atoms in total. The van der Waals surface area contributed by atoms with Crippen molar-refractivity contribution in [3.8, 4) is 0 Å². The fraction of sp³-hybridized carbons (Fsp3) is 0.158. The van der Waals surface area contributed by atoms with E-state index >= 15 is 0 Å². The molecule has 2 heterocycles. The molecular weight excluding hydrogens is 405 g/mol. The molecule has 0 unspecified atom stereocenters. The minimum Gasteiger partial charge on any atom is -0.326 e. The molecule has 3 aromatic rings. The normalized spacial score (nSPS) is 11.2. The molecule has 0 saturated heterocycles. The van der Waals surface area contributed by atoms with Crippen molar-refractivity contribution in [3.05, 3.63) is 69.9 Å². The molecule has 10 heteroatoms. The predicted octanol–water partition coefficient (Wildman–Crippen LogP) is 4.30. The summed E-state index contributed by atoms with van der Waals surface area (Å²) in [4.78, 5) is 32.1. The van der Waals surface area contributed by atoms with Crippen LogP contribution in [0, 0.1) is 6.92 Å². The topological polar surface area (TPSA) is 84.0 Å². The van der Waals surface area contributed by atoms with Crippen LogP contribution < -0.4 is 10.6 Å². The van der Waals surface area contributed by atoms with Gasteiger partial charge in [0, 0.05) is 16.8 Å². The van der Waals surface area contributed by atoms with E-state index in [1.165, 1.54) is 30.5 Å². The predicted molar refractivity (Wildman–Crippen MR) is 103 cm³/mol. The number of pyridine rings is 1. The van der Waals surface area contributed by atoms with Crippen molar-refractivity contribution in [2.75, 3.05) is 10.6 Å². The largest absolute Gasteiger partial charge is 0.416 e. The third-order valence-corrected chi connectivity index (χ3v) is 4.36. The first kappa shape index (κ1) is 20.5. The minimum absolute atomic E-state index is 0.0643. The van der Waals surface area contributed by atoms with E-state index in [1.807, 2.05) is 0 Å². The van der Waals surface area contributed by atoms with E-state index in [1.54, 1.807) is 23.0 Å². The zero-order chi connectivity index (χ0) is 21.0. The van der Waals surface area contributed by atoms with Crippen LogP contribution in [0.15, 0.2) is 47.4 Å². The molecule has 2 N–H and O–H groups in total. The van der Waals surface area contributed by atoms with Gasteiger partial charge in [-0.25, -0.2) is 4.98 Å². The highest BCUT2D eigenvalue weighted by atomic mass is 32.1. The number of hydrogen-bond acceptors (Lipinski definition) is 5. The van der Waals surface area contributed by atoms with Gasteiger partial charge < -0.3 is 10.6 Å². The van der Waals surface area contributed by atoms with Gasteiger partial charge in [0.15, 0.2) is 0 Å². The van der Waals surface area contributed by atoms with Crippen molar-refractivity contribution >= 4 is 34.5 Å². The first-order valence-corrected chi connectivity index (χ1v) is 9.28. The van der Waals surface area contributed by atoms with Crippen LogP contribution in [-0.2, 0) is 17.4 Å². The molecule has 0 atom stereocenters. The zero-order valence-electron chi connectivity index (χ0n) is 15.1. The number of amides is 2. The molecule has 2 amide bonds. The quantitative estimate of drug-likeness (QED) is 0.645. The third-order valence-electron chi connectivity index (χ3n) is 3.78. The first-order chi connectivity index (χ1) is 13.7. The summed E-state index contributed by atoms with van der Waals surface area (Å²) in [6, 6.07) is 6.48. The van der Waals surface area contributed by atoms with Gasteiger partial charge in [0.1, 0.15) is 5.69 Å². The van der Waals surface area contributed by atoms with Crippen molar-refractivity contribution < 1.29 is 22.8 Å². The van der Waals surface area contributed by atoms with E-state index in [-0.39, 0.29) is 23.7 Å². The summed E-state index contributed by atoms with van der Waals surface area (Å²) in [6.45, 7) is 1.52. The lowest BCUT2D eigenvalue weighted by Crippen LogP contribution is -2.16.